The standard InChI is InChI=1S/C9H20N2OS/c1-4-5-8-12-9(13)11(3)7-6-10-2/h10H,4-8H2,1-3H3. The van der Waals surface area contributed by atoms with Crippen LogP contribution in [0.15, 0.2) is 0 Å². The minimum absolute atomic E-state index is 0.601. The minimum atomic E-state index is 0.601. The lowest BCUT2D eigenvalue weighted by Gasteiger charge is -2.19. The van der Waals surface area contributed by atoms with Gasteiger partial charge in [-0.3, -0.25) is 0 Å². The van der Waals surface area contributed by atoms with Crippen molar-refractivity contribution >= 4 is 17.4 Å². The average Bonchev–Trinajstić information content (AvgIpc) is 2.14. The lowest BCUT2D eigenvalue weighted by molar-refractivity contribution is 0.252. The molecule has 3 nitrogen and oxygen atoms in total. The molecule has 0 heterocycles. The second-order valence-corrected chi connectivity index (χ2v) is 3.34. The number of ether oxygens (including phenoxy) is 1. The summed E-state index contributed by atoms with van der Waals surface area (Å²) in [6.07, 6.45) is 2.21. The quantitative estimate of drug-likeness (QED) is 0.520. The summed E-state index contributed by atoms with van der Waals surface area (Å²) in [4.78, 5) is 1.95. The molecule has 0 atom stereocenters. The molecule has 0 bridgehead atoms. The van der Waals surface area contributed by atoms with Crippen LogP contribution in [0.2, 0.25) is 0 Å². The van der Waals surface area contributed by atoms with Crippen molar-refractivity contribution in [2.24, 2.45) is 0 Å². The van der Waals surface area contributed by atoms with E-state index in [9.17, 15) is 0 Å². The van der Waals surface area contributed by atoms with Gasteiger partial charge in [0.05, 0.1) is 6.61 Å². The Balaban J connectivity index is 3.45. The third-order valence-electron chi connectivity index (χ3n) is 1.73. The first-order valence-electron chi connectivity index (χ1n) is 4.74. The van der Waals surface area contributed by atoms with Crippen LogP contribution in [0, 0.1) is 0 Å². The predicted molar refractivity (Wildman–Crippen MR) is 60.0 cm³/mol. The summed E-state index contributed by atoms with van der Waals surface area (Å²) in [6.45, 7) is 4.69. The van der Waals surface area contributed by atoms with E-state index in [1.54, 1.807) is 0 Å². The van der Waals surface area contributed by atoms with Gasteiger partial charge < -0.3 is 15.0 Å². The molecule has 4 heteroatoms. The van der Waals surface area contributed by atoms with Crippen molar-refractivity contribution in [3.05, 3.63) is 0 Å². The number of hydrogen-bond donors (Lipinski definition) is 1. The minimum Gasteiger partial charge on any atom is -0.471 e. The molecule has 0 aliphatic rings. The maximum Gasteiger partial charge on any atom is 0.259 e. The highest BCUT2D eigenvalue weighted by atomic mass is 32.1. The van der Waals surface area contributed by atoms with E-state index < -0.39 is 0 Å². The molecule has 0 saturated heterocycles. The van der Waals surface area contributed by atoms with Crippen LogP contribution in [0.5, 0.6) is 0 Å². The van der Waals surface area contributed by atoms with E-state index in [4.69, 9.17) is 17.0 Å². The molecule has 0 unspecified atom stereocenters. The fourth-order valence-corrected chi connectivity index (χ4v) is 0.959. The molecular weight excluding hydrogens is 184 g/mol. The Morgan fingerprint density at radius 3 is 2.77 bits per heavy atom. The highest BCUT2D eigenvalue weighted by molar-refractivity contribution is 7.80. The summed E-state index contributed by atoms with van der Waals surface area (Å²) in [6, 6.07) is 0. The first-order chi connectivity index (χ1) is 6.22. The van der Waals surface area contributed by atoms with Crippen LogP contribution in [-0.2, 0) is 4.74 Å². The van der Waals surface area contributed by atoms with Crippen molar-refractivity contribution in [3.63, 3.8) is 0 Å². The number of hydrogen-bond acceptors (Lipinski definition) is 3. The molecule has 0 aliphatic carbocycles. The maximum absolute atomic E-state index is 5.37. The van der Waals surface area contributed by atoms with E-state index in [1.807, 2.05) is 19.0 Å². The zero-order chi connectivity index (χ0) is 10.1. The third-order valence-corrected chi connectivity index (χ3v) is 2.16. The van der Waals surface area contributed by atoms with Gasteiger partial charge >= 0.3 is 0 Å². The van der Waals surface area contributed by atoms with Crippen LogP contribution in [0.1, 0.15) is 19.8 Å². The van der Waals surface area contributed by atoms with Gasteiger partial charge in [-0.1, -0.05) is 13.3 Å². The molecule has 78 valence electrons. The van der Waals surface area contributed by atoms with E-state index in [2.05, 4.69) is 12.2 Å². The van der Waals surface area contributed by atoms with E-state index >= 15 is 0 Å². The molecule has 0 aromatic heterocycles. The van der Waals surface area contributed by atoms with Crippen LogP contribution in [0.3, 0.4) is 0 Å². The molecule has 0 aromatic carbocycles. The summed E-state index contributed by atoms with van der Waals surface area (Å²) in [5, 5.41) is 3.66. The van der Waals surface area contributed by atoms with Gasteiger partial charge in [0, 0.05) is 20.1 Å². The number of nitrogens with zero attached hydrogens (tertiary/aromatic N) is 1. The molecule has 0 fully saturated rings. The Morgan fingerprint density at radius 1 is 1.54 bits per heavy atom. The van der Waals surface area contributed by atoms with Gasteiger partial charge in [-0.25, -0.2) is 0 Å². The number of thiocarbonyl (C=S) groups is 1. The molecule has 0 rings (SSSR count). The SMILES string of the molecule is CCCCOC(=S)N(C)CCNC. The second kappa shape index (κ2) is 8.26. The molecule has 0 aliphatic heterocycles. The van der Waals surface area contributed by atoms with E-state index in [0.29, 0.717) is 5.17 Å². The smallest absolute Gasteiger partial charge is 0.259 e. The van der Waals surface area contributed by atoms with Crippen LogP contribution in [-0.4, -0.2) is 43.9 Å². The largest absolute Gasteiger partial charge is 0.471 e. The van der Waals surface area contributed by atoms with Crippen molar-refractivity contribution in [1.29, 1.82) is 0 Å². The van der Waals surface area contributed by atoms with Crippen LogP contribution in [0.4, 0.5) is 0 Å². The Kier molecular flexibility index (Phi) is 8.04. The third kappa shape index (κ3) is 6.78. The summed E-state index contributed by atoms with van der Waals surface area (Å²) >= 11 is 5.08. The highest BCUT2D eigenvalue weighted by Gasteiger charge is 2.03. The number of rotatable bonds is 6. The summed E-state index contributed by atoms with van der Waals surface area (Å²) in [5.41, 5.74) is 0. The molecular formula is C9H20N2OS. The Labute approximate surface area is 86.4 Å². The summed E-state index contributed by atoms with van der Waals surface area (Å²) < 4.78 is 5.37. The number of likely N-dealkylation sites (N-methyl/N-ethyl adjacent to an activating group) is 2. The molecule has 0 saturated carbocycles. The van der Waals surface area contributed by atoms with Gasteiger partial charge in [-0.05, 0) is 25.7 Å². The van der Waals surface area contributed by atoms with E-state index in [1.165, 1.54) is 0 Å². The maximum atomic E-state index is 5.37. The van der Waals surface area contributed by atoms with Gasteiger partial charge in [0.25, 0.3) is 5.17 Å². The van der Waals surface area contributed by atoms with Crippen molar-refractivity contribution < 1.29 is 4.74 Å². The lowest BCUT2D eigenvalue weighted by Crippen LogP contribution is -2.33. The van der Waals surface area contributed by atoms with Crippen molar-refractivity contribution in [2.75, 3.05) is 33.8 Å². The van der Waals surface area contributed by atoms with Crippen LogP contribution in [0.25, 0.3) is 0 Å². The number of unbranched alkanes of at least 4 members (excludes halogenated alkanes) is 1. The molecule has 1 N–H and O–H groups in total. The lowest BCUT2D eigenvalue weighted by atomic mass is 10.4. The molecule has 13 heavy (non-hydrogen) atoms. The Morgan fingerprint density at radius 2 is 2.23 bits per heavy atom. The van der Waals surface area contributed by atoms with Gasteiger partial charge in [0.15, 0.2) is 0 Å². The van der Waals surface area contributed by atoms with Gasteiger partial charge in [0.1, 0.15) is 0 Å². The molecule has 0 radical (unpaired) electrons. The van der Waals surface area contributed by atoms with Crippen LogP contribution < -0.4 is 5.32 Å². The summed E-state index contributed by atoms with van der Waals surface area (Å²) in [7, 11) is 3.88. The highest BCUT2D eigenvalue weighted by Crippen LogP contribution is 1.93. The monoisotopic (exact) mass is 204 g/mol. The van der Waals surface area contributed by atoms with Gasteiger partial charge in [0.2, 0.25) is 0 Å². The summed E-state index contributed by atoms with van der Waals surface area (Å²) in [5.74, 6) is 0. The Bertz CT molecular complexity index is 142. The first kappa shape index (κ1) is 12.7. The van der Waals surface area contributed by atoms with Crippen molar-refractivity contribution in [3.8, 4) is 0 Å². The topological polar surface area (TPSA) is 24.5 Å². The zero-order valence-electron chi connectivity index (χ0n) is 8.80. The van der Waals surface area contributed by atoms with E-state index in [0.717, 1.165) is 32.5 Å². The fraction of sp³-hybridized carbons (Fsp3) is 0.889. The van der Waals surface area contributed by atoms with Crippen molar-refractivity contribution in [2.45, 2.75) is 19.8 Å². The number of nitrogens with one attached hydrogen (secondary N) is 1. The van der Waals surface area contributed by atoms with Crippen LogP contribution >= 0.6 is 12.2 Å². The normalized spacial score (nSPS) is 9.77. The molecule has 0 spiro atoms. The van der Waals surface area contributed by atoms with Gasteiger partial charge in [-0.15, -0.1) is 0 Å². The first-order valence-corrected chi connectivity index (χ1v) is 5.15. The molecule has 0 aromatic rings. The molecule has 0 amide bonds. The van der Waals surface area contributed by atoms with E-state index in [-0.39, 0.29) is 0 Å². The fourth-order valence-electron chi connectivity index (χ4n) is 0.785. The Hall–Kier alpha value is -0.350. The van der Waals surface area contributed by atoms with Crippen molar-refractivity contribution in [1.82, 2.24) is 10.2 Å². The predicted octanol–water partition coefficient (Wildman–Crippen LogP) is 1.24. The van der Waals surface area contributed by atoms with Gasteiger partial charge in [-0.2, -0.15) is 0 Å². The second-order valence-electron chi connectivity index (χ2n) is 2.99. The average molecular weight is 204 g/mol. The zero-order valence-corrected chi connectivity index (χ0v) is 9.62.